The number of nitrogens with one attached hydrogen (secondary N) is 1. The van der Waals surface area contributed by atoms with Crippen molar-refractivity contribution in [3.05, 3.63) is 0 Å². The number of aliphatic hydroxyl groups excluding tert-OH is 2. The van der Waals surface area contributed by atoms with Crippen molar-refractivity contribution in [2.24, 2.45) is 0 Å². The van der Waals surface area contributed by atoms with Gasteiger partial charge in [0.25, 0.3) is 0 Å². The van der Waals surface area contributed by atoms with Crippen molar-refractivity contribution in [1.29, 1.82) is 0 Å². The SMILES string of the molecule is CCC(CO)(CO)NCC1CCC(C(=O)O)O1. The maximum absolute atomic E-state index is 10.7. The molecule has 1 aliphatic rings. The average Bonchev–Trinajstić information content (AvgIpc) is 2.81. The molecule has 1 fully saturated rings. The molecule has 17 heavy (non-hydrogen) atoms. The highest BCUT2D eigenvalue weighted by Gasteiger charge is 2.33. The zero-order valence-corrected chi connectivity index (χ0v) is 10.1. The minimum atomic E-state index is -0.932. The number of hydrogen-bond donors (Lipinski definition) is 4. The van der Waals surface area contributed by atoms with Crippen molar-refractivity contribution in [3.8, 4) is 0 Å². The van der Waals surface area contributed by atoms with Gasteiger partial charge in [-0.05, 0) is 19.3 Å². The van der Waals surface area contributed by atoms with Crippen LogP contribution >= 0.6 is 0 Å². The minimum Gasteiger partial charge on any atom is -0.479 e. The molecule has 1 saturated heterocycles. The van der Waals surface area contributed by atoms with Gasteiger partial charge in [0.2, 0.25) is 0 Å². The summed E-state index contributed by atoms with van der Waals surface area (Å²) in [5, 5.41) is 30.3. The van der Waals surface area contributed by atoms with Gasteiger partial charge in [0.15, 0.2) is 6.10 Å². The quantitative estimate of drug-likeness (QED) is 0.477. The molecular formula is C11H21NO5. The molecule has 1 heterocycles. The molecule has 0 bridgehead atoms. The van der Waals surface area contributed by atoms with E-state index in [0.29, 0.717) is 25.8 Å². The third kappa shape index (κ3) is 3.64. The molecule has 4 N–H and O–H groups in total. The standard InChI is InChI=1S/C11H21NO5/c1-2-11(6-13,7-14)12-5-8-3-4-9(17-8)10(15)16/h8-9,12-14H,2-7H2,1H3,(H,15,16). The van der Waals surface area contributed by atoms with Crippen molar-refractivity contribution in [3.63, 3.8) is 0 Å². The molecule has 0 aromatic rings. The van der Waals surface area contributed by atoms with E-state index in [4.69, 9.17) is 9.84 Å². The molecule has 0 aromatic carbocycles. The lowest BCUT2D eigenvalue weighted by Gasteiger charge is -2.31. The van der Waals surface area contributed by atoms with Gasteiger partial charge < -0.3 is 25.4 Å². The highest BCUT2D eigenvalue weighted by molar-refractivity contribution is 5.72. The van der Waals surface area contributed by atoms with Gasteiger partial charge in [-0.1, -0.05) is 6.92 Å². The summed E-state index contributed by atoms with van der Waals surface area (Å²) in [5.74, 6) is -0.932. The van der Waals surface area contributed by atoms with Gasteiger partial charge in [0, 0.05) is 6.54 Å². The second-order valence-electron chi connectivity index (χ2n) is 4.49. The number of carbonyl (C=O) groups is 1. The predicted molar refractivity (Wildman–Crippen MR) is 60.7 cm³/mol. The Labute approximate surface area is 101 Å². The zero-order valence-electron chi connectivity index (χ0n) is 10.1. The maximum Gasteiger partial charge on any atom is 0.332 e. The summed E-state index contributed by atoms with van der Waals surface area (Å²) in [4.78, 5) is 10.7. The Morgan fingerprint density at radius 3 is 2.47 bits per heavy atom. The topological polar surface area (TPSA) is 99.0 Å². The fourth-order valence-corrected chi connectivity index (χ4v) is 1.88. The van der Waals surface area contributed by atoms with E-state index >= 15 is 0 Å². The molecule has 0 aromatic heterocycles. The Morgan fingerprint density at radius 1 is 1.41 bits per heavy atom. The Kier molecular flexibility index (Phi) is 5.32. The molecule has 2 atom stereocenters. The van der Waals surface area contributed by atoms with Crippen LogP contribution in [0.4, 0.5) is 0 Å². The van der Waals surface area contributed by atoms with Gasteiger partial charge in [-0.2, -0.15) is 0 Å². The first-order chi connectivity index (χ1) is 8.06. The lowest BCUT2D eigenvalue weighted by atomic mass is 9.98. The van der Waals surface area contributed by atoms with Gasteiger partial charge in [-0.15, -0.1) is 0 Å². The van der Waals surface area contributed by atoms with Crippen LogP contribution in [0.3, 0.4) is 0 Å². The second kappa shape index (κ2) is 6.30. The summed E-state index contributed by atoms with van der Waals surface area (Å²) in [5.41, 5.74) is -0.704. The van der Waals surface area contributed by atoms with Gasteiger partial charge in [-0.3, -0.25) is 0 Å². The van der Waals surface area contributed by atoms with Crippen LogP contribution in [0.5, 0.6) is 0 Å². The van der Waals surface area contributed by atoms with E-state index in [1.165, 1.54) is 0 Å². The molecule has 0 amide bonds. The average molecular weight is 247 g/mol. The van der Waals surface area contributed by atoms with Gasteiger partial charge in [0.1, 0.15) is 0 Å². The fourth-order valence-electron chi connectivity index (χ4n) is 1.88. The second-order valence-corrected chi connectivity index (χ2v) is 4.49. The van der Waals surface area contributed by atoms with Crippen molar-refractivity contribution < 1.29 is 24.9 Å². The maximum atomic E-state index is 10.7. The van der Waals surface area contributed by atoms with Gasteiger partial charge in [-0.25, -0.2) is 4.79 Å². The molecule has 0 radical (unpaired) electrons. The van der Waals surface area contributed by atoms with Crippen LogP contribution in [-0.2, 0) is 9.53 Å². The number of carboxylic acid groups (broad SMARTS) is 1. The van der Waals surface area contributed by atoms with Gasteiger partial charge >= 0.3 is 5.97 Å². The van der Waals surface area contributed by atoms with Crippen LogP contribution < -0.4 is 5.32 Å². The molecule has 6 nitrogen and oxygen atoms in total. The molecule has 0 saturated carbocycles. The number of rotatable bonds is 7. The van der Waals surface area contributed by atoms with Crippen LogP contribution in [0, 0.1) is 0 Å². The molecule has 6 heteroatoms. The van der Waals surface area contributed by atoms with Crippen molar-refractivity contribution in [1.82, 2.24) is 5.32 Å². The molecule has 0 aliphatic carbocycles. The Balaban J connectivity index is 2.38. The molecule has 100 valence electrons. The summed E-state index contributed by atoms with van der Waals surface area (Å²) in [6.07, 6.45) is 0.899. The van der Waals surface area contributed by atoms with Gasteiger partial charge in [0.05, 0.1) is 24.9 Å². The lowest BCUT2D eigenvalue weighted by molar-refractivity contribution is -0.149. The Morgan fingerprint density at radius 2 is 2.06 bits per heavy atom. The molecule has 2 unspecified atom stereocenters. The van der Waals surface area contributed by atoms with Crippen molar-refractivity contribution >= 4 is 5.97 Å². The van der Waals surface area contributed by atoms with Crippen LogP contribution in [0.1, 0.15) is 26.2 Å². The summed E-state index contributed by atoms with van der Waals surface area (Å²) >= 11 is 0. The predicted octanol–water partition coefficient (Wildman–Crippen LogP) is -0.658. The molecule has 0 spiro atoms. The normalized spacial score (nSPS) is 25.1. The number of ether oxygens (including phenoxy) is 1. The van der Waals surface area contributed by atoms with E-state index in [0.717, 1.165) is 0 Å². The first-order valence-electron chi connectivity index (χ1n) is 5.92. The summed E-state index contributed by atoms with van der Waals surface area (Å²) in [6.45, 7) is 2.00. The Bertz CT molecular complexity index is 246. The monoisotopic (exact) mass is 247 g/mol. The van der Waals surface area contributed by atoms with Crippen LogP contribution in [0.2, 0.25) is 0 Å². The van der Waals surface area contributed by atoms with Crippen molar-refractivity contribution in [2.45, 2.75) is 43.9 Å². The minimum absolute atomic E-state index is 0.158. The zero-order chi connectivity index (χ0) is 12.9. The van der Waals surface area contributed by atoms with E-state index in [-0.39, 0.29) is 19.3 Å². The van der Waals surface area contributed by atoms with E-state index < -0.39 is 17.6 Å². The Hall–Kier alpha value is -0.690. The summed E-state index contributed by atoms with van der Waals surface area (Å²) in [6, 6.07) is 0. The number of aliphatic hydroxyl groups is 2. The highest BCUT2D eigenvalue weighted by Crippen LogP contribution is 2.20. The van der Waals surface area contributed by atoms with E-state index in [1.54, 1.807) is 0 Å². The van der Waals surface area contributed by atoms with E-state index in [2.05, 4.69) is 5.32 Å². The van der Waals surface area contributed by atoms with Crippen LogP contribution in [-0.4, -0.2) is 58.8 Å². The van der Waals surface area contributed by atoms with E-state index in [1.807, 2.05) is 6.92 Å². The van der Waals surface area contributed by atoms with Crippen molar-refractivity contribution in [2.75, 3.05) is 19.8 Å². The van der Waals surface area contributed by atoms with Crippen LogP contribution in [0.15, 0.2) is 0 Å². The highest BCUT2D eigenvalue weighted by atomic mass is 16.5. The number of hydrogen-bond acceptors (Lipinski definition) is 5. The third-order valence-corrected chi connectivity index (χ3v) is 3.37. The number of carboxylic acids is 1. The largest absolute Gasteiger partial charge is 0.479 e. The third-order valence-electron chi connectivity index (χ3n) is 3.37. The molecule has 1 rings (SSSR count). The molecular weight excluding hydrogens is 226 g/mol. The fraction of sp³-hybridized carbons (Fsp3) is 0.909. The first kappa shape index (κ1) is 14.4. The summed E-state index contributed by atoms with van der Waals surface area (Å²) in [7, 11) is 0. The molecule has 1 aliphatic heterocycles. The van der Waals surface area contributed by atoms with Crippen LogP contribution in [0.25, 0.3) is 0 Å². The first-order valence-corrected chi connectivity index (χ1v) is 5.92. The smallest absolute Gasteiger partial charge is 0.332 e. The van der Waals surface area contributed by atoms with E-state index in [9.17, 15) is 15.0 Å². The summed E-state index contributed by atoms with van der Waals surface area (Å²) < 4.78 is 5.33. The number of aliphatic carboxylic acids is 1. The lowest BCUT2D eigenvalue weighted by Crippen LogP contribution is -2.53.